The fraction of sp³-hybridized carbons (Fsp3) is 0.346. The van der Waals surface area contributed by atoms with E-state index >= 15 is 0 Å². The highest BCUT2D eigenvalue weighted by Gasteiger charge is 2.23. The van der Waals surface area contributed by atoms with Crippen LogP contribution in [-0.4, -0.2) is 54.3 Å². The second kappa shape index (κ2) is 9.39. The van der Waals surface area contributed by atoms with Crippen molar-refractivity contribution in [2.24, 2.45) is 0 Å². The number of piperazine rings is 1. The first-order chi connectivity index (χ1) is 15.5. The third-order valence-corrected chi connectivity index (χ3v) is 6.26. The molecule has 32 heavy (non-hydrogen) atoms. The van der Waals surface area contributed by atoms with Crippen LogP contribution in [0.1, 0.15) is 22.3 Å². The zero-order chi connectivity index (χ0) is 22.7. The Balaban J connectivity index is 1.38. The lowest BCUT2D eigenvalue weighted by atomic mass is 9.99. The first kappa shape index (κ1) is 21.8. The van der Waals surface area contributed by atoms with Gasteiger partial charge in [-0.25, -0.2) is 0 Å². The van der Waals surface area contributed by atoms with Crippen molar-refractivity contribution in [2.75, 3.05) is 38.2 Å². The van der Waals surface area contributed by atoms with Gasteiger partial charge in [-0.05, 0) is 61.7 Å². The topological polar surface area (TPSA) is 58.6 Å². The molecule has 6 heteroatoms. The number of rotatable bonds is 5. The lowest BCUT2D eigenvalue weighted by molar-refractivity contribution is -0.130. The van der Waals surface area contributed by atoms with Crippen LogP contribution in [-0.2, 0) is 11.2 Å². The summed E-state index contributed by atoms with van der Waals surface area (Å²) in [6.45, 7) is 9.19. The predicted molar refractivity (Wildman–Crippen MR) is 127 cm³/mol. The molecule has 1 fully saturated rings. The van der Waals surface area contributed by atoms with Crippen molar-refractivity contribution in [3.63, 3.8) is 0 Å². The molecule has 1 aliphatic rings. The summed E-state index contributed by atoms with van der Waals surface area (Å²) in [5.41, 5.74) is 6.68. The number of nitrogens with zero attached hydrogens (tertiary/aromatic N) is 4. The molecule has 0 spiro atoms. The van der Waals surface area contributed by atoms with Crippen LogP contribution in [0.15, 0.2) is 48.5 Å². The molecule has 0 radical (unpaired) electrons. The number of anilines is 1. The smallest absolute Gasteiger partial charge is 0.227 e. The summed E-state index contributed by atoms with van der Waals surface area (Å²) in [6, 6.07) is 16.1. The molecule has 0 aliphatic carbocycles. The number of aryl methyl sites for hydroxylation is 3. The molecule has 2 heterocycles. The van der Waals surface area contributed by atoms with Gasteiger partial charge in [-0.2, -0.15) is 0 Å². The highest BCUT2D eigenvalue weighted by atomic mass is 16.5. The molecule has 1 aromatic heterocycles. The number of aromatic nitrogens is 2. The minimum atomic E-state index is 0.126. The van der Waals surface area contributed by atoms with Gasteiger partial charge in [-0.1, -0.05) is 24.3 Å². The van der Waals surface area contributed by atoms with E-state index in [1.807, 2.05) is 41.3 Å². The number of para-hydroxylation sites is 1. The van der Waals surface area contributed by atoms with E-state index < -0.39 is 0 Å². The van der Waals surface area contributed by atoms with Gasteiger partial charge in [0.05, 0.1) is 19.2 Å². The monoisotopic (exact) mass is 430 g/mol. The molecule has 1 saturated heterocycles. The molecule has 0 bridgehead atoms. The maximum absolute atomic E-state index is 12.8. The van der Waals surface area contributed by atoms with Gasteiger partial charge in [0.25, 0.3) is 0 Å². The third-order valence-electron chi connectivity index (χ3n) is 6.26. The SMILES string of the molecule is COc1ccccc1CC(=O)N1CCN(c2ccc(-c3cc(C)c(C)cc3C)nn2)CC1. The highest BCUT2D eigenvalue weighted by molar-refractivity contribution is 5.80. The number of benzene rings is 2. The number of carbonyl (C=O) groups is 1. The molecular formula is C26H30N4O2. The van der Waals surface area contributed by atoms with E-state index in [1.54, 1.807) is 7.11 Å². The number of ether oxygens (including phenoxy) is 1. The molecule has 3 aromatic rings. The zero-order valence-corrected chi connectivity index (χ0v) is 19.3. The van der Waals surface area contributed by atoms with Crippen molar-refractivity contribution in [3.8, 4) is 17.0 Å². The van der Waals surface area contributed by atoms with Crippen molar-refractivity contribution in [1.29, 1.82) is 0 Å². The Labute approximate surface area is 189 Å². The maximum atomic E-state index is 12.8. The standard InChI is InChI=1S/C26H30N4O2/c1-18-15-20(3)22(16-19(18)2)23-9-10-25(28-27-23)29-11-13-30(14-12-29)26(31)17-21-7-5-6-8-24(21)32-4/h5-10,15-16H,11-14,17H2,1-4H3. The molecule has 0 atom stereocenters. The van der Waals surface area contributed by atoms with Gasteiger partial charge in [0, 0.05) is 37.3 Å². The van der Waals surface area contributed by atoms with E-state index in [2.05, 4.69) is 48.0 Å². The Morgan fingerprint density at radius 1 is 0.906 bits per heavy atom. The fourth-order valence-corrected chi connectivity index (χ4v) is 4.18. The van der Waals surface area contributed by atoms with Crippen LogP contribution in [0.2, 0.25) is 0 Å². The molecule has 166 valence electrons. The van der Waals surface area contributed by atoms with Gasteiger partial charge in [0.15, 0.2) is 5.82 Å². The number of hydrogen-bond acceptors (Lipinski definition) is 5. The van der Waals surface area contributed by atoms with Crippen LogP contribution in [0.5, 0.6) is 5.75 Å². The number of methoxy groups -OCH3 is 1. The van der Waals surface area contributed by atoms with Crippen LogP contribution in [0.4, 0.5) is 5.82 Å². The molecule has 0 N–H and O–H groups in total. The number of hydrogen-bond donors (Lipinski definition) is 0. The Morgan fingerprint density at radius 3 is 2.31 bits per heavy atom. The molecule has 0 unspecified atom stereocenters. The van der Waals surface area contributed by atoms with Crippen molar-refractivity contribution in [1.82, 2.24) is 15.1 Å². The number of amides is 1. The molecule has 6 nitrogen and oxygen atoms in total. The predicted octanol–water partition coefficient (Wildman–Crippen LogP) is 3.97. The molecule has 2 aromatic carbocycles. The lowest BCUT2D eigenvalue weighted by Gasteiger charge is -2.35. The average Bonchev–Trinajstić information content (AvgIpc) is 2.82. The second-order valence-corrected chi connectivity index (χ2v) is 8.38. The van der Waals surface area contributed by atoms with Gasteiger partial charge < -0.3 is 14.5 Å². The minimum absolute atomic E-state index is 0.126. The summed E-state index contributed by atoms with van der Waals surface area (Å²) in [5, 5.41) is 8.99. The Bertz CT molecular complexity index is 1100. The Hall–Kier alpha value is -3.41. The fourth-order valence-electron chi connectivity index (χ4n) is 4.18. The first-order valence-electron chi connectivity index (χ1n) is 11.0. The summed E-state index contributed by atoms with van der Waals surface area (Å²) in [7, 11) is 1.63. The molecule has 4 rings (SSSR count). The average molecular weight is 431 g/mol. The molecule has 1 amide bonds. The van der Waals surface area contributed by atoms with E-state index in [-0.39, 0.29) is 5.91 Å². The van der Waals surface area contributed by atoms with E-state index in [1.165, 1.54) is 16.7 Å². The summed E-state index contributed by atoms with van der Waals surface area (Å²) in [5.74, 6) is 1.74. The van der Waals surface area contributed by atoms with Crippen molar-refractivity contribution >= 4 is 11.7 Å². The quantitative estimate of drug-likeness (QED) is 0.613. The Kier molecular flexibility index (Phi) is 6.40. The van der Waals surface area contributed by atoms with Crippen LogP contribution < -0.4 is 9.64 Å². The van der Waals surface area contributed by atoms with Crippen LogP contribution in [0, 0.1) is 20.8 Å². The van der Waals surface area contributed by atoms with Crippen molar-refractivity contribution < 1.29 is 9.53 Å². The van der Waals surface area contributed by atoms with Gasteiger partial charge in [0.2, 0.25) is 5.91 Å². The maximum Gasteiger partial charge on any atom is 0.227 e. The largest absolute Gasteiger partial charge is 0.496 e. The third kappa shape index (κ3) is 4.59. The van der Waals surface area contributed by atoms with Crippen LogP contribution in [0.25, 0.3) is 11.3 Å². The summed E-state index contributed by atoms with van der Waals surface area (Å²) >= 11 is 0. The summed E-state index contributed by atoms with van der Waals surface area (Å²) in [4.78, 5) is 16.9. The van der Waals surface area contributed by atoms with Gasteiger partial charge in [-0.15, -0.1) is 10.2 Å². The second-order valence-electron chi connectivity index (χ2n) is 8.38. The van der Waals surface area contributed by atoms with Crippen molar-refractivity contribution in [3.05, 3.63) is 70.8 Å². The first-order valence-corrected chi connectivity index (χ1v) is 11.0. The van der Waals surface area contributed by atoms with Gasteiger partial charge >= 0.3 is 0 Å². The minimum Gasteiger partial charge on any atom is -0.496 e. The zero-order valence-electron chi connectivity index (χ0n) is 19.3. The van der Waals surface area contributed by atoms with Gasteiger partial charge in [-0.3, -0.25) is 4.79 Å². The van der Waals surface area contributed by atoms with Crippen LogP contribution >= 0.6 is 0 Å². The van der Waals surface area contributed by atoms with E-state index in [0.717, 1.165) is 41.5 Å². The van der Waals surface area contributed by atoms with E-state index in [4.69, 9.17) is 4.74 Å². The normalized spacial score (nSPS) is 13.9. The van der Waals surface area contributed by atoms with E-state index in [0.29, 0.717) is 19.5 Å². The molecular weight excluding hydrogens is 400 g/mol. The number of carbonyl (C=O) groups excluding carboxylic acids is 1. The highest BCUT2D eigenvalue weighted by Crippen LogP contribution is 2.26. The summed E-state index contributed by atoms with van der Waals surface area (Å²) < 4.78 is 5.38. The Morgan fingerprint density at radius 2 is 1.62 bits per heavy atom. The van der Waals surface area contributed by atoms with Crippen molar-refractivity contribution in [2.45, 2.75) is 27.2 Å². The van der Waals surface area contributed by atoms with Gasteiger partial charge in [0.1, 0.15) is 5.75 Å². The van der Waals surface area contributed by atoms with Crippen LogP contribution in [0.3, 0.4) is 0 Å². The van der Waals surface area contributed by atoms with E-state index in [9.17, 15) is 4.79 Å². The summed E-state index contributed by atoms with van der Waals surface area (Å²) in [6.07, 6.45) is 0.355. The molecule has 0 saturated carbocycles. The molecule has 1 aliphatic heterocycles. The lowest BCUT2D eigenvalue weighted by Crippen LogP contribution is -2.49.